The van der Waals surface area contributed by atoms with Gasteiger partial charge in [-0.25, -0.2) is 4.39 Å². The average molecular weight is 308 g/mol. The Morgan fingerprint density at radius 1 is 1.32 bits per heavy atom. The molecule has 1 aromatic rings. The number of benzene rings is 1. The van der Waals surface area contributed by atoms with E-state index >= 15 is 0 Å². The zero-order valence-corrected chi connectivity index (χ0v) is 13.6. The second-order valence-corrected chi connectivity index (χ2v) is 6.67. The minimum Gasteiger partial charge on any atom is -0.379 e. The highest BCUT2D eigenvalue weighted by Gasteiger charge is 2.28. The minimum absolute atomic E-state index is 0.0682. The molecule has 1 amide bonds. The standard InChI is InChI=1S/C17H25FN2O2/c1-17(2,3)20(12-14-5-4-6-15(18)11-14)16(21)13-19-7-9-22-10-8-19/h4-6,11H,7-10,12-13H2,1-3H3. The molecule has 0 radical (unpaired) electrons. The van der Waals surface area contributed by atoms with Crippen LogP contribution in [0.1, 0.15) is 26.3 Å². The predicted molar refractivity (Wildman–Crippen MR) is 84.0 cm³/mol. The van der Waals surface area contributed by atoms with Gasteiger partial charge in [0.1, 0.15) is 5.82 Å². The molecule has 1 heterocycles. The quantitative estimate of drug-likeness (QED) is 0.855. The largest absolute Gasteiger partial charge is 0.379 e. The number of carbonyl (C=O) groups excluding carboxylic acids is 1. The molecule has 0 aliphatic carbocycles. The maximum atomic E-state index is 13.4. The van der Waals surface area contributed by atoms with Gasteiger partial charge < -0.3 is 9.64 Å². The number of hydrogen-bond acceptors (Lipinski definition) is 3. The number of morpholine rings is 1. The number of carbonyl (C=O) groups is 1. The van der Waals surface area contributed by atoms with E-state index in [0.717, 1.165) is 18.7 Å². The van der Waals surface area contributed by atoms with E-state index in [2.05, 4.69) is 4.90 Å². The molecule has 0 atom stereocenters. The summed E-state index contributed by atoms with van der Waals surface area (Å²) in [6, 6.07) is 6.43. The highest BCUT2D eigenvalue weighted by atomic mass is 19.1. The summed E-state index contributed by atoms with van der Waals surface area (Å²) in [5.74, 6) is -0.203. The zero-order chi connectivity index (χ0) is 16.2. The lowest BCUT2D eigenvalue weighted by Gasteiger charge is -2.38. The topological polar surface area (TPSA) is 32.8 Å². The van der Waals surface area contributed by atoms with Gasteiger partial charge in [-0.2, -0.15) is 0 Å². The predicted octanol–water partition coefficient (Wildman–Crippen LogP) is 2.29. The van der Waals surface area contributed by atoms with E-state index in [9.17, 15) is 9.18 Å². The van der Waals surface area contributed by atoms with Crippen molar-refractivity contribution in [1.29, 1.82) is 0 Å². The molecule has 1 fully saturated rings. The van der Waals surface area contributed by atoms with Crippen molar-refractivity contribution in [2.45, 2.75) is 32.9 Å². The lowest BCUT2D eigenvalue weighted by atomic mass is 10.0. The van der Waals surface area contributed by atoms with Crippen LogP contribution in [0.15, 0.2) is 24.3 Å². The Morgan fingerprint density at radius 2 is 2.00 bits per heavy atom. The molecule has 0 bridgehead atoms. The van der Waals surface area contributed by atoms with Crippen LogP contribution >= 0.6 is 0 Å². The van der Waals surface area contributed by atoms with Gasteiger partial charge >= 0.3 is 0 Å². The lowest BCUT2D eigenvalue weighted by Crippen LogP contribution is -2.50. The third-order valence-corrected chi connectivity index (χ3v) is 3.80. The average Bonchev–Trinajstić information content (AvgIpc) is 2.44. The van der Waals surface area contributed by atoms with Crippen molar-refractivity contribution in [3.05, 3.63) is 35.6 Å². The Hall–Kier alpha value is -1.46. The molecule has 0 aromatic heterocycles. The summed E-state index contributed by atoms with van der Waals surface area (Å²) in [7, 11) is 0. The van der Waals surface area contributed by atoms with E-state index in [1.54, 1.807) is 6.07 Å². The molecule has 1 aliphatic heterocycles. The Balaban J connectivity index is 2.06. The molecule has 0 saturated carbocycles. The van der Waals surface area contributed by atoms with Crippen molar-refractivity contribution >= 4 is 5.91 Å². The van der Waals surface area contributed by atoms with Gasteiger partial charge in [0.15, 0.2) is 0 Å². The molecular formula is C17H25FN2O2. The number of ether oxygens (including phenoxy) is 1. The molecule has 1 aromatic carbocycles. The van der Waals surface area contributed by atoms with Crippen LogP contribution in [0, 0.1) is 5.82 Å². The first kappa shape index (κ1) is 16.9. The zero-order valence-electron chi connectivity index (χ0n) is 13.6. The molecule has 1 aliphatic rings. The lowest BCUT2D eigenvalue weighted by molar-refractivity contribution is -0.139. The van der Waals surface area contributed by atoms with Crippen molar-refractivity contribution in [1.82, 2.24) is 9.80 Å². The highest BCUT2D eigenvalue weighted by molar-refractivity contribution is 5.79. The molecule has 1 saturated heterocycles. The third-order valence-electron chi connectivity index (χ3n) is 3.80. The Kier molecular flexibility index (Phi) is 5.53. The van der Waals surface area contributed by atoms with E-state index in [1.165, 1.54) is 12.1 Å². The van der Waals surface area contributed by atoms with Gasteiger partial charge in [-0.3, -0.25) is 9.69 Å². The van der Waals surface area contributed by atoms with Crippen LogP contribution in [0.4, 0.5) is 4.39 Å². The van der Waals surface area contributed by atoms with E-state index in [0.29, 0.717) is 26.3 Å². The number of amides is 1. The first-order chi connectivity index (χ1) is 10.4. The van der Waals surface area contributed by atoms with Gasteiger partial charge in [-0.05, 0) is 38.5 Å². The SMILES string of the molecule is CC(C)(C)N(Cc1cccc(F)c1)C(=O)CN1CCOCC1. The van der Waals surface area contributed by atoms with Crippen molar-refractivity contribution in [2.24, 2.45) is 0 Å². The molecule has 0 unspecified atom stereocenters. The minimum atomic E-state index is -0.310. The fourth-order valence-electron chi connectivity index (χ4n) is 2.55. The maximum Gasteiger partial charge on any atom is 0.237 e. The second kappa shape index (κ2) is 7.20. The Bertz CT molecular complexity index is 508. The molecule has 0 spiro atoms. The van der Waals surface area contributed by atoms with E-state index < -0.39 is 0 Å². The summed E-state index contributed by atoms with van der Waals surface area (Å²) in [6.45, 7) is 9.73. The van der Waals surface area contributed by atoms with Crippen LogP contribution < -0.4 is 0 Å². The summed E-state index contributed by atoms with van der Waals surface area (Å²) in [5, 5.41) is 0. The first-order valence-electron chi connectivity index (χ1n) is 7.71. The van der Waals surface area contributed by atoms with Crippen LogP contribution in [0.2, 0.25) is 0 Å². The molecule has 122 valence electrons. The van der Waals surface area contributed by atoms with Crippen molar-refractivity contribution in [2.75, 3.05) is 32.8 Å². The molecular weight excluding hydrogens is 283 g/mol. The first-order valence-corrected chi connectivity index (χ1v) is 7.71. The van der Waals surface area contributed by atoms with Gasteiger partial charge in [0.25, 0.3) is 0 Å². The highest BCUT2D eigenvalue weighted by Crippen LogP contribution is 2.19. The van der Waals surface area contributed by atoms with Crippen LogP contribution in [0.25, 0.3) is 0 Å². The summed E-state index contributed by atoms with van der Waals surface area (Å²) in [6.07, 6.45) is 0. The Labute approximate surface area is 131 Å². The van der Waals surface area contributed by atoms with E-state index in [-0.39, 0.29) is 17.3 Å². The van der Waals surface area contributed by atoms with Gasteiger partial charge in [0.05, 0.1) is 19.8 Å². The summed E-state index contributed by atoms with van der Waals surface area (Å²) in [4.78, 5) is 16.6. The molecule has 2 rings (SSSR count). The van der Waals surface area contributed by atoms with Crippen LogP contribution in [0.5, 0.6) is 0 Å². The fraction of sp³-hybridized carbons (Fsp3) is 0.588. The smallest absolute Gasteiger partial charge is 0.237 e. The van der Waals surface area contributed by atoms with Crippen molar-refractivity contribution < 1.29 is 13.9 Å². The number of nitrogens with zero attached hydrogens (tertiary/aromatic N) is 2. The van der Waals surface area contributed by atoms with Gasteiger partial charge in [-0.15, -0.1) is 0 Å². The van der Waals surface area contributed by atoms with Crippen LogP contribution in [-0.4, -0.2) is 54.1 Å². The molecule has 5 heteroatoms. The van der Waals surface area contributed by atoms with Crippen LogP contribution in [-0.2, 0) is 16.1 Å². The Morgan fingerprint density at radius 3 is 2.59 bits per heavy atom. The van der Waals surface area contributed by atoms with Gasteiger partial charge in [0, 0.05) is 25.2 Å². The third kappa shape index (κ3) is 4.78. The number of hydrogen-bond donors (Lipinski definition) is 0. The number of rotatable bonds is 4. The van der Waals surface area contributed by atoms with E-state index in [4.69, 9.17) is 4.74 Å². The summed E-state index contributed by atoms with van der Waals surface area (Å²) in [5.41, 5.74) is 0.501. The molecule has 0 N–H and O–H groups in total. The number of halogens is 1. The van der Waals surface area contributed by atoms with Crippen molar-refractivity contribution in [3.8, 4) is 0 Å². The fourth-order valence-corrected chi connectivity index (χ4v) is 2.55. The van der Waals surface area contributed by atoms with Gasteiger partial charge in [-0.1, -0.05) is 12.1 Å². The molecule has 4 nitrogen and oxygen atoms in total. The van der Waals surface area contributed by atoms with Crippen LogP contribution in [0.3, 0.4) is 0 Å². The van der Waals surface area contributed by atoms with Gasteiger partial charge in [0.2, 0.25) is 5.91 Å². The summed E-state index contributed by atoms with van der Waals surface area (Å²) >= 11 is 0. The second-order valence-electron chi connectivity index (χ2n) is 6.67. The normalized spacial score (nSPS) is 16.5. The molecule has 22 heavy (non-hydrogen) atoms. The van der Waals surface area contributed by atoms with Crippen molar-refractivity contribution in [3.63, 3.8) is 0 Å². The monoisotopic (exact) mass is 308 g/mol. The summed E-state index contributed by atoms with van der Waals surface area (Å²) < 4.78 is 18.7. The van der Waals surface area contributed by atoms with E-state index in [1.807, 2.05) is 31.7 Å². The maximum absolute atomic E-state index is 13.4.